The number of halogens is 1. The Balaban J connectivity index is 1.34. The van der Waals surface area contributed by atoms with Crippen LogP contribution in [0.5, 0.6) is 0 Å². The number of phosphoric acid groups is 1. The minimum absolute atomic E-state index is 0.00482. The van der Waals surface area contributed by atoms with Crippen molar-refractivity contribution >= 4 is 31.6 Å². The highest BCUT2D eigenvalue weighted by Crippen LogP contribution is 2.53. The van der Waals surface area contributed by atoms with Gasteiger partial charge in [-0.1, -0.05) is 97.1 Å². The lowest BCUT2D eigenvalue weighted by Gasteiger charge is -2.47. The normalized spacial score (nSPS) is 26.1. The second-order valence-electron chi connectivity index (χ2n) is 14.0. The summed E-state index contributed by atoms with van der Waals surface area (Å²) in [5.74, 6) is -3.90. The van der Waals surface area contributed by atoms with Gasteiger partial charge in [0.2, 0.25) is 5.91 Å². The first-order valence-corrected chi connectivity index (χ1v) is 20.8. The van der Waals surface area contributed by atoms with E-state index in [-0.39, 0.29) is 24.3 Å². The van der Waals surface area contributed by atoms with Gasteiger partial charge in [-0.3, -0.25) is 18.4 Å². The number of alkyl halides is 1. The molecule has 0 aliphatic carbocycles. The topological polar surface area (TPSA) is 221 Å². The third-order valence-corrected chi connectivity index (χ3v) is 11.0. The molecule has 17 nitrogen and oxygen atoms in total. The summed E-state index contributed by atoms with van der Waals surface area (Å²) in [6, 6.07) is 30.8. The van der Waals surface area contributed by atoms with Crippen molar-refractivity contribution in [1.82, 2.24) is 5.32 Å². The number of hydrogen-bond donors (Lipinski definition) is 3. The molecule has 3 N–H and O–H groups in total. The van der Waals surface area contributed by atoms with Crippen LogP contribution in [0.1, 0.15) is 38.8 Å². The van der Waals surface area contributed by atoms with Crippen LogP contribution in [0.4, 0.5) is 4.39 Å². The van der Waals surface area contributed by atoms with Crippen LogP contribution in [0, 0.1) is 0 Å². The zero-order chi connectivity index (χ0) is 44.2. The molecule has 4 aromatic carbocycles. The smallest absolute Gasteiger partial charge is 0.467 e. The quantitative estimate of drug-likeness (QED) is 0.0769. The fourth-order valence-electron chi connectivity index (χ4n) is 6.47. The van der Waals surface area contributed by atoms with Gasteiger partial charge >= 0.3 is 25.7 Å². The second kappa shape index (κ2) is 21.6. The van der Waals surface area contributed by atoms with Crippen molar-refractivity contribution in [2.45, 2.75) is 81.6 Å². The maximum Gasteiger partial charge on any atom is 0.477 e. The average molecular weight is 882 g/mol. The third-order valence-electron chi connectivity index (χ3n) is 9.61. The Hall–Kier alpha value is -5.40. The molecule has 2 heterocycles. The van der Waals surface area contributed by atoms with Crippen molar-refractivity contribution in [3.8, 4) is 0 Å². The van der Waals surface area contributed by atoms with E-state index in [2.05, 4.69) is 10.1 Å². The Labute approximate surface area is 355 Å². The molecule has 2 fully saturated rings. The molecule has 0 radical (unpaired) electrons. The van der Waals surface area contributed by atoms with Crippen LogP contribution in [0.25, 0.3) is 0 Å². The molecule has 0 bridgehead atoms. The van der Waals surface area contributed by atoms with Gasteiger partial charge in [-0.25, -0.2) is 23.3 Å². The van der Waals surface area contributed by atoms with Gasteiger partial charge in [-0.2, -0.15) is 0 Å². The van der Waals surface area contributed by atoms with E-state index in [9.17, 15) is 34.0 Å². The van der Waals surface area contributed by atoms with Gasteiger partial charge in [-0.15, -0.1) is 0 Å². The van der Waals surface area contributed by atoms with Gasteiger partial charge in [0.05, 0.1) is 31.5 Å². The molecular formula is C43H45FNO16P. The molecule has 0 spiro atoms. The van der Waals surface area contributed by atoms with Crippen molar-refractivity contribution in [1.29, 1.82) is 0 Å². The van der Waals surface area contributed by atoms with E-state index in [0.717, 1.165) is 14.0 Å². The van der Waals surface area contributed by atoms with Crippen molar-refractivity contribution in [3.05, 3.63) is 144 Å². The number of ether oxygens (including phenoxy) is 6. The summed E-state index contributed by atoms with van der Waals surface area (Å²) in [6.07, 6.45) is -18.3. The summed E-state index contributed by atoms with van der Waals surface area (Å²) in [7, 11) is -3.78. The number of carbonyl (C=O) groups excluding carboxylic acids is 4. The number of carbonyl (C=O) groups is 4. The molecule has 0 unspecified atom stereocenters. The molecule has 62 heavy (non-hydrogen) atoms. The minimum Gasteiger partial charge on any atom is -0.467 e. The van der Waals surface area contributed by atoms with E-state index in [0.29, 0.717) is 11.1 Å². The number of hydrogen-bond acceptors (Lipinski definition) is 16. The Morgan fingerprint density at radius 1 is 0.710 bits per heavy atom. The lowest BCUT2D eigenvalue weighted by Crippen LogP contribution is -2.67. The predicted molar refractivity (Wildman–Crippen MR) is 212 cm³/mol. The van der Waals surface area contributed by atoms with Gasteiger partial charge in [-0.05, 0) is 35.4 Å². The van der Waals surface area contributed by atoms with Crippen LogP contribution in [0.3, 0.4) is 0 Å². The first-order valence-electron chi connectivity index (χ1n) is 19.3. The SMILES string of the molecule is COC(=O)[C@H]1O[C@@H](O[C@H]2[C@H](O)[C@@H](NC(C)=O)[C@@H](OP(=O)(OCc3ccccc3)OCc3ccccc3)O[C@@H]2COC(=O)c2ccccc2)[C@H](OC(=O)c2ccccc2)[C@@H](O)[C@@H]1F. The maximum absolute atomic E-state index is 15.6. The number of benzene rings is 4. The summed E-state index contributed by atoms with van der Waals surface area (Å²) in [5.41, 5.74) is 1.29. The van der Waals surface area contributed by atoms with E-state index < -0.39 is 99.7 Å². The fraction of sp³-hybridized carbons (Fsp3) is 0.349. The van der Waals surface area contributed by atoms with Gasteiger partial charge in [0.15, 0.2) is 31.0 Å². The summed E-state index contributed by atoms with van der Waals surface area (Å²) >= 11 is 0. The molecule has 330 valence electrons. The zero-order valence-corrected chi connectivity index (χ0v) is 34.3. The minimum atomic E-state index is -4.73. The van der Waals surface area contributed by atoms with Crippen molar-refractivity contribution in [3.63, 3.8) is 0 Å². The number of phosphoric ester groups is 1. The molecule has 2 aliphatic rings. The molecule has 19 heteroatoms. The first-order chi connectivity index (χ1) is 29.9. The number of methoxy groups -OCH3 is 1. The van der Waals surface area contributed by atoms with E-state index in [1.54, 1.807) is 84.9 Å². The zero-order valence-electron chi connectivity index (χ0n) is 33.4. The number of aliphatic hydroxyl groups excluding tert-OH is 2. The average Bonchev–Trinajstić information content (AvgIpc) is 3.29. The van der Waals surface area contributed by atoms with Crippen LogP contribution in [0.2, 0.25) is 0 Å². The molecule has 0 saturated carbocycles. The molecule has 0 aromatic heterocycles. The lowest BCUT2D eigenvalue weighted by atomic mass is 9.95. The number of aliphatic hydroxyl groups is 2. The summed E-state index contributed by atoms with van der Waals surface area (Å²) in [5, 5.41) is 25.8. The second-order valence-corrected chi connectivity index (χ2v) is 15.6. The molecule has 4 aromatic rings. The summed E-state index contributed by atoms with van der Waals surface area (Å²) < 4.78 is 81.4. The molecule has 2 aliphatic heterocycles. The Morgan fingerprint density at radius 3 is 1.74 bits per heavy atom. The summed E-state index contributed by atoms with van der Waals surface area (Å²) in [6.45, 7) is -0.193. The highest BCUT2D eigenvalue weighted by atomic mass is 31.2. The Morgan fingerprint density at radius 2 is 1.23 bits per heavy atom. The predicted octanol–water partition coefficient (Wildman–Crippen LogP) is 4.20. The number of amides is 1. The van der Waals surface area contributed by atoms with Crippen LogP contribution in [-0.2, 0) is 69.4 Å². The monoisotopic (exact) mass is 881 g/mol. The van der Waals surface area contributed by atoms with E-state index >= 15 is 4.39 Å². The van der Waals surface area contributed by atoms with Crippen molar-refractivity contribution in [2.75, 3.05) is 13.7 Å². The Kier molecular flexibility index (Phi) is 16.1. The van der Waals surface area contributed by atoms with Crippen LogP contribution < -0.4 is 5.32 Å². The molecule has 2 saturated heterocycles. The summed E-state index contributed by atoms with van der Waals surface area (Å²) in [4.78, 5) is 51.8. The molecule has 6 rings (SSSR count). The highest BCUT2D eigenvalue weighted by molar-refractivity contribution is 7.48. The standard InChI is InChI=1S/C43H45FNO16P/c1-26(46)45-33-35(48)36(59-43-38(58-40(50)30-21-13-6-14-22-30)34(47)32(44)37(60-43)41(51)53-2)31(25-54-39(49)29-19-11-5-12-20-29)57-42(33)61-62(52,55-23-27-15-7-3-8-16-27)56-24-28-17-9-4-10-18-28/h3-22,31-38,42-43,47-48H,23-25H2,1-2H3,(H,45,46)/t31-,32+,33-,34+,35-,36-,37+,38-,42-,43-/m1/s1. The van der Waals surface area contributed by atoms with Gasteiger partial charge in [0.25, 0.3) is 0 Å². The van der Waals surface area contributed by atoms with E-state index in [1.165, 1.54) is 36.4 Å². The van der Waals surface area contributed by atoms with Crippen LogP contribution in [-0.4, -0.2) is 109 Å². The van der Waals surface area contributed by atoms with Crippen LogP contribution in [0.15, 0.2) is 121 Å². The largest absolute Gasteiger partial charge is 0.477 e. The maximum atomic E-state index is 15.6. The van der Waals surface area contributed by atoms with Crippen molar-refractivity contribution < 1.29 is 80.3 Å². The highest BCUT2D eigenvalue weighted by Gasteiger charge is 2.56. The van der Waals surface area contributed by atoms with Crippen molar-refractivity contribution in [2.24, 2.45) is 0 Å². The van der Waals surface area contributed by atoms with Crippen LogP contribution >= 0.6 is 7.82 Å². The Bertz CT molecular complexity index is 2090. The van der Waals surface area contributed by atoms with Gasteiger partial charge in [0.1, 0.15) is 37.1 Å². The van der Waals surface area contributed by atoms with E-state index in [1.807, 2.05) is 0 Å². The number of nitrogens with one attached hydrogen (secondary N) is 1. The van der Waals surface area contributed by atoms with E-state index in [4.69, 9.17) is 37.3 Å². The number of esters is 3. The first kappa shape index (κ1) is 46.1. The molecular weight excluding hydrogens is 836 g/mol. The number of rotatable bonds is 17. The lowest BCUT2D eigenvalue weighted by molar-refractivity contribution is -0.334. The third kappa shape index (κ3) is 11.9. The molecule has 1 amide bonds. The van der Waals surface area contributed by atoms with Gasteiger partial charge in [0, 0.05) is 6.92 Å². The fourth-order valence-corrected chi connectivity index (χ4v) is 7.72. The van der Waals surface area contributed by atoms with Gasteiger partial charge < -0.3 is 44.0 Å². The molecule has 10 atom stereocenters.